The van der Waals surface area contributed by atoms with Crippen molar-refractivity contribution in [2.45, 2.75) is 69.9 Å². The first-order valence-electron chi connectivity index (χ1n) is 8.99. The second-order valence-corrected chi connectivity index (χ2v) is 7.28. The van der Waals surface area contributed by atoms with Crippen LogP contribution in [-0.2, 0) is 9.59 Å². The number of amides is 2. The first-order chi connectivity index (χ1) is 10.7. The lowest BCUT2D eigenvalue weighted by Crippen LogP contribution is -2.47. The Balaban J connectivity index is 0.00000192. The van der Waals surface area contributed by atoms with Crippen LogP contribution in [0.2, 0.25) is 0 Å². The van der Waals surface area contributed by atoms with Gasteiger partial charge in [0.15, 0.2) is 0 Å². The number of carbonyl (C=O) groups is 2. The molecule has 3 rings (SSSR count). The van der Waals surface area contributed by atoms with Gasteiger partial charge < -0.3 is 16.0 Å². The molecule has 0 aromatic carbocycles. The van der Waals surface area contributed by atoms with Crippen LogP contribution in [0.3, 0.4) is 0 Å². The first-order valence-corrected chi connectivity index (χ1v) is 8.99. The Morgan fingerprint density at radius 2 is 1.78 bits per heavy atom. The summed E-state index contributed by atoms with van der Waals surface area (Å²) in [5, 5.41) is 3.20. The molecule has 2 saturated carbocycles. The van der Waals surface area contributed by atoms with E-state index in [1.165, 1.54) is 25.7 Å². The summed E-state index contributed by atoms with van der Waals surface area (Å²) >= 11 is 0. The Bertz CT molecular complexity index is 426. The molecular weight excluding hydrogens is 314 g/mol. The van der Waals surface area contributed by atoms with Crippen LogP contribution in [0.5, 0.6) is 0 Å². The van der Waals surface area contributed by atoms with E-state index in [-0.39, 0.29) is 36.2 Å². The van der Waals surface area contributed by atoms with Gasteiger partial charge in [-0.05, 0) is 38.1 Å². The Hall–Kier alpha value is -0.810. The van der Waals surface area contributed by atoms with Gasteiger partial charge in [-0.25, -0.2) is 0 Å². The second kappa shape index (κ2) is 8.34. The van der Waals surface area contributed by atoms with Gasteiger partial charge in [0.2, 0.25) is 11.8 Å². The summed E-state index contributed by atoms with van der Waals surface area (Å²) in [7, 11) is 0. The van der Waals surface area contributed by atoms with Crippen molar-refractivity contribution in [1.82, 2.24) is 10.2 Å². The van der Waals surface area contributed by atoms with Crippen molar-refractivity contribution in [3.8, 4) is 0 Å². The molecule has 3 aliphatic rings. The maximum atomic E-state index is 12.6. The van der Waals surface area contributed by atoms with Crippen LogP contribution in [0.1, 0.15) is 57.8 Å². The van der Waals surface area contributed by atoms with Crippen LogP contribution in [0.4, 0.5) is 0 Å². The summed E-state index contributed by atoms with van der Waals surface area (Å²) in [5.41, 5.74) is 5.84. The van der Waals surface area contributed by atoms with E-state index in [2.05, 4.69) is 5.32 Å². The van der Waals surface area contributed by atoms with Gasteiger partial charge in [0.1, 0.15) is 0 Å². The normalized spacial score (nSPS) is 32.0. The van der Waals surface area contributed by atoms with Crippen molar-refractivity contribution in [2.75, 3.05) is 13.1 Å². The minimum absolute atomic E-state index is 0. The standard InChI is InChI=1S/C17H29N3O2.ClH/c18-10-12-5-1-4-8-15(12)19-17(22)13-9-16(21)20(11-13)14-6-2-3-7-14;/h12-15H,1-11,18H2,(H,19,22);1H. The van der Waals surface area contributed by atoms with Gasteiger partial charge in [-0.15, -0.1) is 12.4 Å². The average molecular weight is 344 g/mol. The predicted octanol–water partition coefficient (Wildman–Crippen LogP) is 1.83. The topological polar surface area (TPSA) is 75.4 Å². The summed E-state index contributed by atoms with van der Waals surface area (Å²) in [5.74, 6) is 0.486. The molecule has 3 atom stereocenters. The zero-order valence-electron chi connectivity index (χ0n) is 13.8. The van der Waals surface area contributed by atoms with Gasteiger partial charge >= 0.3 is 0 Å². The molecule has 6 heteroatoms. The summed E-state index contributed by atoms with van der Waals surface area (Å²) < 4.78 is 0. The molecule has 0 bridgehead atoms. The van der Waals surface area contributed by atoms with E-state index < -0.39 is 0 Å². The number of hydrogen-bond acceptors (Lipinski definition) is 3. The van der Waals surface area contributed by atoms with Gasteiger partial charge in [-0.3, -0.25) is 9.59 Å². The van der Waals surface area contributed by atoms with Crippen molar-refractivity contribution < 1.29 is 9.59 Å². The molecule has 23 heavy (non-hydrogen) atoms. The van der Waals surface area contributed by atoms with Crippen LogP contribution in [0.15, 0.2) is 0 Å². The zero-order valence-corrected chi connectivity index (χ0v) is 14.7. The third-order valence-electron chi connectivity index (χ3n) is 5.83. The van der Waals surface area contributed by atoms with Crippen LogP contribution < -0.4 is 11.1 Å². The Morgan fingerprint density at radius 3 is 2.48 bits per heavy atom. The molecule has 5 nitrogen and oxygen atoms in total. The zero-order chi connectivity index (χ0) is 15.5. The maximum Gasteiger partial charge on any atom is 0.225 e. The lowest BCUT2D eigenvalue weighted by Gasteiger charge is -2.32. The number of nitrogens with zero attached hydrogens (tertiary/aromatic N) is 1. The maximum absolute atomic E-state index is 12.6. The molecule has 0 spiro atoms. The highest BCUT2D eigenvalue weighted by atomic mass is 35.5. The van der Waals surface area contributed by atoms with Crippen molar-refractivity contribution >= 4 is 24.2 Å². The fraction of sp³-hybridized carbons (Fsp3) is 0.882. The third-order valence-corrected chi connectivity index (χ3v) is 5.83. The highest BCUT2D eigenvalue weighted by molar-refractivity contribution is 5.89. The Morgan fingerprint density at radius 1 is 1.13 bits per heavy atom. The molecule has 0 radical (unpaired) electrons. The fourth-order valence-corrected chi connectivity index (χ4v) is 4.46. The summed E-state index contributed by atoms with van der Waals surface area (Å²) in [6.07, 6.45) is 9.56. The van der Waals surface area contributed by atoms with Crippen molar-refractivity contribution in [2.24, 2.45) is 17.6 Å². The molecule has 1 saturated heterocycles. The highest BCUT2D eigenvalue weighted by Gasteiger charge is 2.39. The van der Waals surface area contributed by atoms with Crippen LogP contribution in [-0.4, -0.2) is 41.9 Å². The molecule has 132 valence electrons. The van der Waals surface area contributed by atoms with E-state index in [4.69, 9.17) is 5.73 Å². The van der Waals surface area contributed by atoms with E-state index in [0.29, 0.717) is 31.5 Å². The third kappa shape index (κ3) is 4.18. The van der Waals surface area contributed by atoms with Gasteiger partial charge in [-0.1, -0.05) is 25.7 Å². The average Bonchev–Trinajstić information content (AvgIpc) is 3.16. The van der Waals surface area contributed by atoms with Crippen LogP contribution in [0, 0.1) is 11.8 Å². The Labute approximate surface area is 145 Å². The van der Waals surface area contributed by atoms with E-state index in [1.54, 1.807) is 0 Å². The summed E-state index contributed by atoms with van der Waals surface area (Å²) in [6.45, 7) is 1.26. The van der Waals surface area contributed by atoms with Crippen LogP contribution in [0.25, 0.3) is 0 Å². The van der Waals surface area contributed by atoms with E-state index >= 15 is 0 Å². The van der Waals surface area contributed by atoms with Gasteiger partial charge in [0.05, 0.1) is 5.92 Å². The minimum Gasteiger partial charge on any atom is -0.353 e. The number of halogens is 1. The summed E-state index contributed by atoms with van der Waals surface area (Å²) in [6, 6.07) is 0.596. The molecule has 0 aromatic rings. The minimum atomic E-state index is -0.159. The largest absolute Gasteiger partial charge is 0.353 e. The molecule has 3 N–H and O–H groups in total. The Kier molecular flexibility index (Phi) is 6.72. The van der Waals surface area contributed by atoms with Gasteiger partial charge in [0.25, 0.3) is 0 Å². The number of hydrogen-bond donors (Lipinski definition) is 2. The number of nitrogens with two attached hydrogens (primary N) is 1. The molecule has 1 aliphatic heterocycles. The first kappa shape index (κ1) is 18.5. The molecule has 3 fully saturated rings. The fourth-order valence-electron chi connectivity index (χ4n) is 4.46. The van der Waals surface area contributed by atoms with Crippen LogP contribution >= 0.6 is 12.4 Å². The molecule has 2 aliphatic carbocycles. The number of nitrogens with one attached hydrogen (secondary N) is 1. The number of rotatable bonds is 4. The summed E-state index contributed by atoms with van der Waals surface area (Å²) in [4.78, 5) is 26.7. The van der Waals surface area contributed by atoms with E-state index in [0.717, 1.165) is 25.7 Å². The van der Waals surface area contributed by atoms with Crippen molar-refractivity contribution in [1.29, 1.82) is 0 Å². The van der Waals surface area contributed by atoms with E-state index in [9.17, 15) is 9.59 Å². The predicted molar refractivity (Wildman–Crippen MR) is 92.3 cm³/mol. The van der Waals surface area contributed by atoms with Crippen molar-refractivity contribution in [3.05, 3.63) is 0 Å². The smallest absolute Gasteiger partial charge is 0.225 e. The molecule has 2 amide bonds. The number of likely N-dealkylation sites (tertiary alicyclic amines) is 1. The van der Waals surface area contributed by atoms with Crippen molar-refractivity contribution in [3.63, 3.8) is 0 Å². The number of carbonyl (C=O) groups excluding carboxylic acids is 2. The molecule has 1 heterocycles. The lowest BCUT2D eigenvalue weighted by atomic mass is 9.84. The monoisotopic (exact) mass is 343 g/mol. The second-order valence-electron chi connectivity index (χ2n) is 7.28. The highest BCUT2D eigenvalue weighted by Crippen LogP contribution is 2.30. The van der Waals surface area contributed by atoms with E-state index in [1.807, 2.05) is 4.90 Å². The molecule has 3 unspecified atom stereocenters. The lowest BCUT2D eigenvalue weighted by molar-refractivity contribution is -0.130. The quantitative estimate of drug-likeness (QED) is 0.817. The van der Waals surface area contributed by atoms with Gasteiger partial charge in [0, 0.05) is 25.0 Å². The SMILES string of the molecule is Cl.NCC1CCCCC1NC(=O)C1CC(=O)N(C2CCCC2)C1. The van der Waals surface area contributed by atoms with Gasteiger partial charge in [-0.2, -0.15) is 0 Å². The molecule has 0 aromatic heterocycles. The molecular formula is C17H30ClN3O2.